The molecule has 0 unspecified atom stereocenters. The van der Waals surface area contributed by atoms with Gasteiger partial charge in [-0.2, -0.15) is 9.30 Å². The molecule has 0 spiro atoms. The van der Waals surface area contributed by atoms with Crippen LogP contribution in [-0.4, -0.2) is 49.5 Å². The highest BCUT2D eigenvalue weighted by molar-refractivity contribution is 9.10. The maximum atomic E-state index is 12.8. The Morgan fingerprint density at radius 2 is 1.87 bits per heavy atom. The second-order valence-corrected chi connectivity index (χ2v) is 11.0. The van der Waals surface area contributed by atoms with E-state index in [9.17, 15) is 13.2 Å². The normalized spacial score (nSPS) is 16.1. The standard InChI is InChI=1S/C21H22BrN3O4S2/c1-2-9-25-18-8-5-16(22)14-19(18)30-21(25)23-20(26)15-3-6-17(7-4-15)31(27,28)24-10-12-29-13-11-24/h3-8,14H,2,9-13H2,1H3. The Morgan fingerprint density at radius 3 is 2.55 bits per heavy atom. The Hall–Kier alpha value is -1.85. The van der Waals surface area contributed by atoms with E-state index in [1.54, 1.807) is 0 Å². The van der Waals surface area contributed by atoms with Gasteiger partial charge in [-0.05, 0) is 48.9 Å². The summed E-state index contributed by atoms with van der Waals surface area (Å²) in [6, 6.07) is 12.0. The van der Waals surface area contributed by atoms with E-state index in [1.165, 1.54) is 39.9 Å². The molecule has 0 N–H and O–H groups in total. The average molecular weight is 524 g/mol. The summed E-state index contributed by atoms with van der Waals surface area (Å²) >= 11 is 4.94. The van der Waals surface area contributed by atoms with Crippen molar-refractivity contribution < 1.29 is 17.9 Å². The summed E-state index contributed by atoms with van der Waals surface area (Å²) in [5.41, 5.74) is 1.39. The molecule has 7 nitrogen and oxygen atoms in total. The van der Waals surface area contributed by atoms with Crippen molar-refractivity contribution in [2.75, 3.05) is 26.3 Å². The molecular weight excluding hydrogens is 502 g/mol. The van der Waals surface area contributed by atoms with Crippen molar-refractivity contribution in [1.29, 1.82) is 0 Å². The number of rotatable bonds is 5. The Kier molecular flexibility index (Phi) is 6.73. The highest BCUT2D eigenvalue weighted by Gasteiger charge is 2.26. The van der Waals surface area contributed by atoms with E-state index in [-0.39, 0.29) is 4.90 Å². The quantitative estimate of drug-likeness (QED) is 0.511. The zero-order chi connectivity index (χ0) is 22.0. The number of fused-ring (bicyclic) bond motifs is 1. The lowest BCUT2D eigenvalue weighted by Crippen LogP contribution is -2.40. The first-order valence-electron chi connectivity index (χ1n) is 9.96. The van der Waals surface area contributed by atoms with Crippen molar-refractivity contribution in [2.45, 2.75) is 24.8 Å². The van der Waals surface area contributed by atoms with Crippen molar-refractivity contribution in [3.8, 4) is 0 Å². The topological polar surface area (TPSA) is 81.0 Å². The van der Waals surface area contributed by atoms with Gasteiger partial charge < -0.3 is 9.30 Å². The van der Waals surface area contributed by atoms with E-state index in [2.05, 4.69) is 27.8 Å². The number of morpholine rings is 1. The third kappa shape index (κ3) is 4.68. The van der Waals surface area contributed by atoms with Gasteiger partial charge in [0.25, 0.3) is 5.91 Å². The Balaban J connectivity index is 1.65. The number of nitrogens with zero attached hydrogens (tertiary/aromatic N) is 3. The summed E-state index contributed by atoms with van der Waals surface area (Å²) in [5, 5.41) is 0. The molecule has 2 heterocycles. The van der Waals surface area contributed by atoms with Gasteiger partial charge >= 0.3 is 0 Å². The molecular formula is C21H22BrN3O4S2. The van der Waals surface area contributed by atoms with Crippen molar-refractivity contribution in [3.63, 3.8) is 0 Å². The fraction of sp³-hybridized carbons (Fsp3) is 0.333. The lowest BCUT2D eigenvalue weighted by Gasteiger charge is -2.26. The lowest BCUT2D eigenvalue weighted by molar-refractivity contribution is 0.0730. The minimum atomic E-state index is -3.59. The molecule has 0 bridgehead atoms. The molecule has 1 aliphatic heterocycles. The third-order valence-electron chi connectivity index (χ3n) is 5.00. The van der Waals surface area contributed by atoms with Gasteiger partial charge in [0, 0.05) is 29.7 Å². The van der Waals surface area contributed by atoms with E-state index in [0.29, 0.717) is 36.7 Å². The molecule has 0 aliphatic carbocycles. The highest BCUT2D eigenvalue weighted by Crippen LogP contribution is 2.23. The number of hydrogen-bond acceptors (Lipinski definition) is 5. The second kappa shape index (κ2) is 9.33. The number of thiazole rings is 1. The molecule has 0 saturated carbocycles. The molecule has 10 heteroatoms. The third-order valence-corrected chi connectivity index (χ3v) is 8.45. The highest BCUT2D eigenvalue weighted by atomic mass is 79.9. The van der Waals surface area contributed by atoms with Crippen LogP contribution in [0.1, 0.15) is 23.7 Å². The molecule has 0 atom stereocenters. The molecule has 1 aliphatic rings. The van der Waals surface area contributed by atoms with Crippen molar-refractivity contribution in [1.82, 2.24) is 8.87 Å². The molecule has 31 heavy (non-hydrogen) atoms. The largest absolute Gasteiger partial charge is 0.379 e. The van der Waals surface area contributed by atoms with E-state index in [1.807, 2.05) is 22.8 Å². The minimum absolute atomic E-state index is 0.165. The maximum absolute atomic E-state index is 12.8. The number of aromatic nitrogens is 1. The van der Waals surface area contributed by atoms with E-state index in [4.69, 9.17) is 4.74 Å². The number of carbonyl (C=O) groups is 1. The molecule has 1 aromatic heterocycles. The number of aryl methyl sites for hydroxylation is 1. The molecule has 164 valence electrons. The first-order valence-corrected chi connectivity index (χ1v) is 13.0. The van der Waals surface area contributed by atoms with Crippen LogP contribution in [0.15, 0.2) is 56.8 Å². The summed E-state index contributed by atoms with van der Waals surface area (Å²) in [6.45, 7) is 4.27. The molecule has 0 radical (unpaired) electrons. The predicted octanol–water partition coefficient (Wildman–Crippen LogP) is 3.64. The van der Waals surface area contributed by atoms with Crippen molar-refractivity contribution in [2.24, 2.45) is 4.99 Å². The molecule has 1 amide bonds. The van der Waals surface area contributed by atoms with Crippen LogP contribution >= 0.6 is 27.3 Å². The van der Waals surface area contributed by atoms with Crippen LogP contribution < -0.4 is 4.80 Å². The van der Waals surface area contributed by atoms with Gasteiger partial charge in [0.15, 0.2) is 4.80 Å². The van der Waals surface area contributed by atoms with Gasteiger partial charge in [-0.15, -0.1) is 0 Å². The van der Waals surface area contributed by atoms with E-state index >= 15 is 0 Å². The summed E-state index contributed by atoms with van der Waals surface area (Å²) < 4.78 is 36.2. The van der Waals surface area contributed by atoms with Crippen molar-refractivity contribution >= 4 is 53.4 Å². The van der Waals surface area contributed by atoms with Gasteiger partial charge in [-0.3, -0.25) is 4.79 Å². The van der Waals surface area contributed by atoms with Crippen LogP contribution in [0.5, 0.6) is 0 Å². The monoisotopic (exact) mass is 523 g/mol. The lowest BCUT2D eigenvalue weighted by atomic mass is 10.2. The number of ether oxygens (including phenoxy) is 1. The van der Waals surface area contributed by atoms with Crippen LogP contribution in [0.25, 0.3) is 10.2 Å². The molecule has 1 saturated heterocycles. The number of sulfonamides is 1. The van der Waals surface area contributed by atoms with Gasteiger partial charge in [0.05, 0.1) is 28.3 Å². The number of halogens is 1. The van der Waals surface area contributed by atoms with Gasteiger partial charge in [0.2, 0.25) is 10.0 Å². The predicted molar refractivity (Wildman–Crippen MR) is 124 cm³/mol. The van der Waals surface area contributed by atoms with Crippen LogP contribution in [-0.2, 0) is 21.3 Å². The zero-order valence-electron chi connectivity index (χ0n) is 17.0. The Labute approximate surface area is 193 Å². The summed E-state index contributed by atoms with van der Waals surface area (Å²) in [6.07, 6.45) is 0.914. The summed E-state index contributed by atoms with van der Waals surface area (Å²) in [5.74, 6) is -0.397. The van der Waals surface area contributed by atoms with Crippen LogP contribution in [0.2, 0.25) is 0 Å². The van der Waals surface area contributed by atoms with Crippen LogP contribution in [0, 0.1) is 0 Å². The zero-order valence-corrected chi connectivity index (χ0v) is 20.2. The average Bonchev–Trinajstić information content (AvgIpc) is 3.10. The van der Waals surface area contributed by atoms with Crippen molar-refractivity contribution in [3.05, 3.63) is 57.3 Å². The number of hydrogen-bond donors (Lipinski definition) is 0. The Morgan fingerprint density at radius 1 is 1.16 bits per heavy atom. The maximum Gasteiger partial charge on any atom is 0.279 e. The fourth-order valence-electron chi connectivity index (χ4n) is 3.43. The van der Waals surface area contributed by atoms with Crippen LogP contribution in [0.4, 0.5) is 0 Å². The molecule has 4 rings (SSSR count). The first-order chi connectivity index (χ1) is 14.9. The first kappa shape index (κ1) is 22.3. The molecule has 1 fully saturated rings. The van der Waals surface area contributed by atoms with Gasteiger partial charge in [-0.1, -0.05) is 34.2 Å². The van der Waals surface area contributed by atoms with E-state index < -0.39 is 15.9 Å². The number of carbonyl (C=O) groups excluding carboxylic acids is 1. The van der Waals surface area contributed by atoms with Gasteiger partial charge in [0.1, 0.15) is 0 Å². The second-order valence-electron chi connectivity index (χ2n) is 7.11. The summed E-state index contributed by atoms with van der Waals surface area (Å²) in [7, 11) is -3.59. The van der Waals surface area contributed by atoms with E-state index in [0.717, 1.165) is 27.7 Å². The smallest absolute Gasteiger partial charge is 0.279 e. The SMILES string of the molecule is CCCn1c(=NC(=O)c2ccc(S(=O)(=O)N3CCOCC3)cc2)sc2cc(Br)ccc21. The minimum Gasteiger partial charge on any atom is -0.379 e. The molecule has 3 aromatic rings. The Bertz CT molecular complexity index is 1270. The fourth-order valence-corrected chi connectivity index (χ4v) is 6.44. The van der Waals surface area contributed by atoms with Gasteiger partial charge in [-0.25, -0.2) is 8.42 Å². The number of benzene rings is 2. The molecule has 2 aromatic carbocycles. The number of amides is 1. The van der Waals surface area contributed by atoms with Crippen LogP contribution in [0.3, 0.4) is 0 Å². The summed E-state index contributed by atoms with van der Waals surface area (Å²) in [4.78, 5) is 18.0.